The number of amidine groups is 1. The minimum atomic E-state index is 0.277. The second-order valence-corrected chi connectivity index (χ2v) is 4.57. The van der Waals surface area contributed by atoms with Gasteiger partial charge in [-0.1, -0.05) is 24.3 Å². The van der Waals surface area contributed by atoms with Crippen molar-refractivity contribution < 1.29 is 4.74 Å². The molecule has 2 rings (SSSR count). The number of ether oxygens (including phenoxy) is 1. The molecule has 1 aliphatic heterocycles. The van der Waals surface area contributed by atoms with Gasteiger partial charge in [0.1, 0.15) is 5.84 Å². The standard InChI is InChI=1S/C14H20N2O/c1-11(2)17-10-12-4-6-13(7-5-12)14-15-8-3-9-16-14/h4-7,11H,3,8-10H2,1-2H3,(H,15,16). The summed E-state index contributed by atoms with van der Waals surface area (Å²) in [5, 5.41) is 3.32. The van der Waals surface area contributed by atoms with Crippen molar-refractivity contribution >= 4 is 5.84 Å². The zero-order valence-electron chi connectivity index (χ0n) is 10.6. The van der Waals surface area contributed by atoms with Gasteiger partial charge in [0, 0.05) is 18.7 Å². The van der Waals surface area contributed by atoms with Gasteiger partial charge >= 0.3 is 0 Å². The molecule has 1 aliphatic rings. The van der Waals surface area contributed by atoms with E-state index in [0.717, 1.165) is 30.9 Å². The van der Waals surface area contributed by atoms with Gasteiger partial charge in [-0.05, 0) is 25.8 Å². The van der Waals surface area contributed by atoms with Gasteiger partial charge < -0.3 is 10.1 Å². The van der Waals surface area contributed by atoms with Crippen LogP contribution in [0.5, 0.6) is 0 Å². The normalized spacial score (nSPS) is 15.6. The van der Waals surface area contributed by atoms with Crippen LogP contribution in [-0.2, 0) is 11.3 Å². The summed E-state index contributed by atoms with van der Waals surface area (Å²) in [7, 11) is 0. The summed E-state index contributed by atoms with van der Waals surface area (Å²) < 4.78 is 5.57. The van der Waals surface area contributed by atoms with Gasteiger partial charge in [-0.25, -0.2) is 0 Å². The SMILES string of the molecule is CC(C)OCc1ccc(C2=NCCCN2)cc1. The van der Waals surface area contributed by atoms with E-state index in [1.807, 2.05) is 0 Å². The molecule has 3 heteroatoms. The minimum Gasteiger partial charge on any atom is -0.374 e. The van der Waals surface area contributed by atoms with Crippen LogP contribution in [0.2, 0.25) is 0 Å². The molecular weight excluding hydrogens is 212 g/mol. The fourth-order valence-electron chi connectivity index (χ4n) is 1.75. The molecule has 1 aromatic carbocycles. The van der Waals surface area contributed by atoms with Crippen molar-refractivity contribution in [2.24, 2.45) is 4.99 Å². The lowest BCUT2D eigenvalue weighted by Gasteiger charge is -2.15. The first kappa shape index (κ1) is 12.1. The third-order valence-corrected chi connectivity index (χ3v) is 2.71. The summed E-state index contributed by atoms with van der Waals surface area (Å²) in [5.74, 6) is 1.02. The summed E-state index contributed by atoms with van der Waals surface area (Å²) in [5.41, 5.74) is 2.37. The Morgan fingerprint density at radius 3 is 2.65 bits per heavy atom. The van der Waals surface area contributed by atoms with Crippen LogP contribution < -0.4 is 5.32 Å². The summed E-state index contributed by atoms with van der Waals surface area (Å²) >= 11 is 0. The number of benzene rings is 1. The van der Waals surface area contributed by atoms with Crippen LogP contribution in [0, 0.1) is 0 Å². The van der Waals surface area contributed by atoms with Gasteiger partial charge in [-0.15, -0.1) is 0 Å². The molecule has 17 heavy (non-hydrogen) atoms. The molecule has 1 aromatic rings. The van der Waals surface area contributed by atoms with Crippen LogP contribution in [0.3, 0.4) is 0 Å². The molecule has 1 heterocycles. The fourth-order valence-corrected chi connectivity index (χ4v) is 1.75. The predicted octanol–water partition coefficient (Wildman–Crippen LogP) is 2.35. The maximum Gasteiger partial charge on any atom is 0.128 e. The van der Waals surface area contributed by atoms with Crippen LogP contribution >= 0.6 is 0 Å². The van der Waals surface area contributed by atoms with E-state index in [-0.39, 0.29) is 6.10 Å². The van der Waals surface area contributed by atoms with Crippen LogP contribution in [0.4, 0.5) is 0 Å². The zero-order chi connectivity index (χ0) is 12.1. The molecule has 0 spiro atoms. The third kappa shape index (κ3) is 3.56. The van der Waals surface area contributed by atoms with Crippen molar-refractivity contribution in [2.45, 2.75) is 33.0 Å². The Morgan fingerprint density at radius 1 is 1.29 bits per heavy atom. The number of aliphatic imine (C=N–C) groups is 1. The maximum atomic E-state index is 5.57. The highest BCUT2D eigenvalue weighted by molar-refractivity contribution is 5.99. The number of hydrogen-bond acceptors (Lipinski definition) is 3. The topological polar surface area (TPSA) is 33.6 Å². The Kier molecular flexibility index (Phi) is 4.15. The lowest BCUT2D eigenvalue weighted by Crippen LogP contribution is -2.30. The van der Waals surface area contributed by atoms with E-state index < -0.39 is 0 Å². The van der Waals surface area contributed by atoms with Crippen molar-refractivity contribution in [3.05, 3.63) is 35.4 Å². The molecule has 3 nitrogen and oxygen atoms in total. The minimum absolute atomic E-state index is 0.277. The average Bonchev–Trinajstić information content (AvgIpc) is 2.38. The number of nitrogens with zero attached hydrogens (tertiary/aromatic N) is 1. The summed E-state index contributed by atoms with van der Waals surface area (Å²) in [4.78, 5) is 4.48. The Morgan fingerprint density at radius 2 is 2.06 bits per heavy atom. The van der Waals surface area contributed by atoms with Crippen molar-refractivity contribution in [3.8, 4) is 0 Å². The lowest BCUT2D eigenvalue weighted by molar-refractivity contribution is 0.0657. The first-order chi connectivity index (χ1) is 8.25. The van der Waals surface area contributed by atoms with Gasteiger partial charge in [-0.3, -0.25) is 4.99 Å². The van der Waals surface area contributed by atoms with Crippen molar-refractivity contribution in [3.63, 3.8) is 0 Å². The van der Waals surface area contributed by atoms with Crippen molar-refractivity contribution in [1.82, 2.24) is 5.32 Å². The van der Waals surface area contributed by atoms with Gasteiger partial charge in [0.2, 0.25) is 0 Å². The largest absolute Gasteiger partial charge is 0.374 e. The molecule has 0 saturated carbocycles. The summed E-state index contributed by atoms with van der Waals surface area (Å²) in [6.07, 6.45) is 1.41. The van der Waals surface area contributed by atoms with Crippen LogP contribution in [0.1, 0.15) is 31.4 Å². The predicted molar refractivity (Wildman–Crippen MR) is 70.4 cm³/mol. The first-order valence-corrected chi connectivity index (χ1v) is 6.25. The van der Waals surface area contributed by atoms with E-state index >= 15 is 0 Å². The molecule has 0 amide bonds. The van der Waals surface area contributed by atoms with Gasteiger partial charge in [0.15, 0.2) is 0 Å². The molecule has 0 atom stereocenters. The average molecular weight is 232 g/mol. The van der Waals surface area contributed by atoms with Gasteiger partial charge in [-0.2, -0.15) is 0 Å². The Hall–Kier alpha value is -1.35. The van der Waals surface area contributed by atoms with Crippen LogP contribution in [0.25, 0.3) is 0 Å². The molecule has 0 bridgehead atoms. The second kappa shape index (κ2) is 5.82. The van der Waals surface area contributed by atoms with Crippen LogP contribution in [-0.4, -0.2) is 25.0 Å². The van der Waals surface area contributed by atoms with Crippen LogP contribution in [0.15, 0.2) is 29.3 Å². The van der Waals surface area contributed by atoms with E-state index in [0.29, 0.717) is 6.61 Å². The quantitative estimate of drug-likeness (QED) is 0.864. The molecule has 1 N–H and O–H groups in total. The molecule has 92 valence electrons. The Balaban J connectivity index is 1.99. The number of nitrogens with one attached hydrogen (secondary N) is 1. The van der Waals surface area contributed by atoms with E-state index in [1.165, 1.54) is 5.56 Å². The number of hydrogen-bond donors (Lipinski definition) is 1. The maximum absolute atomic E-state index is 5.57. The number of rotatable bonds is 4. The molecule has 0 radical (unpaired) electrons. The monoisotopic (exact) mass is 232 g/mol. The lowest BCUT2D eigenvalue weighted by atomic mass is 10.1. The van der Waals surface area contributed by atoms with Gasteiger partial charge in [0.25, 0.3) is 0 Å². The highest BCUT2D eigenvalue weighted by Crippen LogP contribution is 2.08. The van der Waals surface area contributed by atoms with E-state index in [4.69, 9.17) is 4.74 Å². The Bertz CT molecular complexity index is 382. The smallest absolute Gasteiger partial charge is 0.128 e. The molecular formula is C14H20N2O. The third-order valence-electron chi connectivity index (χ3n) is 2.71. The van der Waals surface area contributed by atoms with Crippen molar-refractivity contribution in [1.29, 1.82) is 0 Å². The summed E-state index contributed by atoms with van der Waals surface area (Å²) in [6.45, 7) is 6.74. The molecule has 0 unspecified atom stereocenters. The highest BCUT2D eigenvalue weighted by Gasteiger charge is 2.06. The first-order valence-electron chi connectivity index (χ1n) is 6.25. The van der Waals surface area contributed by atoms with E-state index in [9.17, 15) is 0 Å². The fraction of sp³-hybridized carbons (Fsp3) is 0.500. The summed E-state index contributed by atoms with van der Waals surface area (Å²) in [6, 6.07) is 8.43. The highest BCUT2D eigenvalue weighted by atomic mass is 16.5. The zero-order valence-corrected chi connectivity index (χ0v) is 10.6. The van der Waals surface area contributed by atoms with Gasteiger partial charge in [0.05, 0.1) is 12.7 Å². The molecule has 0 aromatic heterocycles. The van der Waals surface area contributed by atoms with Crippen molar-refractivity contribution in [2.75, 3.05) is 13.1 Å². The Labute approximate surface area is 103 Å². The molecule has 0 aliphatic carbocycles. The second-order valence-electron chi connectivity index (χ2n) is 4.57. The molecule has 0 saturated heterocycles. The van der Waals surface area contributed by atoms with E-state index in [2.05, 4.69) is 48.4 Å². The molecule has 0 fully saturated rings. The van der Waals surface area contributed by atoms with E-state index in [1.54, 1.807) is 0 Å².